The molecule has 138 valence electrons. The minimum atomic E-state index is -0.0464. The quantitative estimate of drug-likeness (QED) is 0.867. The Hall–Kier alpha value is -2.37. The van der Waals surface area contributed by atoms with Gasteiger partial charge in [0.05, 0.1) is 26.4 Å². The molecule has 26 heavy (non-hydrogen) atoms. The molecule has 0 saturated carbocycles. The Labute approximate surface area is 154 Å². The fraction of sp³-hybridized carbons (Fsp3) is 0.381. The van der Waals surface area contributed by atoms with E-state index in [1.165, 1.54) is 0 Å². The molecule has 5 nitrogen and oxygen atoms in total. The van der Waals surface area contributed by atoms with Gasteiger partial charge in [-0.1, -0.05) is 29.8 Å². The average molecular weight is 354 g/mol. The summed E-state index contributed by atoms with van der Waals surface area (Å²) in [6.45, 7) is 5.66. The van der Waals surface area contributed by atoms with E-state index in [-0.39, 0.29) is 11.9 Å². The SMILES string of the molecule is COc1cccc(C(CNC(=O)c2cccc(C)c2)N2CCOCC2)c1. The van der Waals surface area contributed by atoms with Gasteiger partial charge in [0.1, 0.15) is 5.75 Å². The first-order valence-corrected chi connectivity index (χ1v) is 8.98. The number of rotatable bonds is 6. The number of benzene rings is 2. The lowest BCUT2D eigenvalue weighted by Gasteiger charge is -2.35. The number of carbonyl (C=O) groups is 1. The predicted molar refractivity (Wildman–Crippen MR) is 102 cm³/mol. The highest BCUT2D eigenvalue weighted by Gasteiger charge is 2.23. The Kier molecular flexibility index (Phi) is 6.26. The standard InChI is InChI=1S/C21H26N2O3/c1-16-5-3-7-18(13-16)21(24)22-15-20(23-9-11-26-12-10-23)17-6-4-8-19(14-17)25-2/h3-8,13-14,20H,9-12,15H2,1-2H3,(H,22,24). The molecule has 1 saturated heterocycles. The number of ether oxygens (including phenoxy) is 2. The van der Waals surface area contributed by atoms with Gasteiger partial charge in [-0.15, -0.1) is 0 Å². The molecule has 1 heterocycles. The van der Waals surface area contributed by atoms with Gasteiger partial charge in [-0.25, -0.2) is 0 Å². The second-order valence-electron chi connectivity index (χ2n) is 6.52. The number of hydrogen-bond acceptors (Lipinski definition) is 4. The number of aryl methyl sites for hydroxylation is 1. The molecule has 0 bridgehead atoms. The molecule has 2 aromatic rings. The van der Waals surface area contributed by atoms with Crippen molar-refractivity contribution >= 4 is 5.91 Å². The normalized spacial score (nSPS) is 16.1. The molecule has 2 aromatic carbocycles. The van der Waals surface area contributed by atoms with Crippen molar-refractivity contribution in [1.29, 1.82) is 0 Å². The van der Waals surface area contributed by atoms with Crippen LogP contribution < -0.4 is 10.1 Å². The first-order valence-electron chi connectivity index (χ1n) is 8.98. The van der Waals surface area contributed by atoms with E-state index in [1.807, 2.05) is 49.4 Å². The molecule has 1 unspecified atom stereocenters. The van der Waals surface area contributed by atoms with E-state index in [4.69, 9.17) is 9.47 Å². The Morgan fingerprint density at radius 1 is 1.19 bits per heavy atom. The maximum absolute atomic E-state index is 12.6. The number of nitrogens with one attached hydrogen (secondary N) is 1. The molecule has 5 heteroatoms. The molecule has 1 amide bonds. The maximum atomic E-state index is 12.6. The lowest BCUT2D eigenvalue weighted by Crippen LogP contribution is -2.43. The van der Waals surface area contributed by atoms with E-state index in [0.717, 1.165) is 30.0 Å². The summed E-state index contributed by atoms with van der Waals surface area (Å²) < 4.78 is 10.9. The van der Waals surface area contributed by atoms with Crippen LogP contribution in [0.1, 0.15) is 27.5 Å². The van der Waals surface area contributed by atoms with Crippen LogP contribution in [0.2, 0.25) is 0 Å². The minimum Gasteiger partial charge on any atom is -0.497 e. The molecule has 0 aromatic heterocycles. The van der Waals surface area contributed by atoms with Crippen molar-refractivity contribution < 1.29 is 14.3 Å². The molecule has 0 radical (unpaired) electrons. The topological polar surface area (TPSA) is 50.8 Å². The second kappa shape index (κ2) is 8.83. The van der Waals surface area contributed by atoms with Crippen LogP contribution in [0.15, 0.2) is 48.5 Å². The van der Waals surface area contributed by atoms with Crippen LogP contribution in [0.3, 0.4) is 0 Å². The van der Waals surface area contributed by atoms with Crippen LogP contribution in [-0.4, -0.2) is 50.8 Å². The van der Waals surface area contributed by atoms with E-state index in [2.05, 4.69) is 16.3 Å². The van der Waals surface area contributed by atoms with E-state index in [0.29, 0.717) is 25.3 Å². The van der Waals surface area contributed by atoms with Gasteiger partial charge in [-0.05, 0) is 36.8 Å². The molecule has 1 N–H and O–H groups in total. The number of morpholine rings is 1. The van der Waals surface area contributed by atoms with Gasteiger partial charge < -0.3 is 14.8 Å². The molecule has 0 aliphatic carbocycles. The zero-order valence-electron chi connectivity index (χ0n) is 15.4. The van der Waals surface area contributed by atoms with Crippen LogP contribution in [0.5, 0.6) is 5.75 Å². The summed E-state index contributed by atoms with van der Waals surface area (Å²) in [4.78, 5) is 14.9. The molecule has 3 rings (SSSR count). The molecule has 0 spiro atoms. The molecule has 1 aliphatic heterocycles. The summed E-state index contributed by atoms with van der Waals surface area (Å²) in [5.41, 5.74) is 2.90. The van der Waals surface area contributed by atoms with Crippen LogP contribution in [-0.2, 0) is 4.74 Å². The van der Waals surface area contributed by atoms with Gasteiger partial charge in [0.2, 0.25) is 0 Å². The van der Waals surface area contributed by atoms with Gasteiger partial charge in [-0.2, -0.15) is 0 Å². The fourth-order valence-corrected chi connectivity index (χ4v) is 3.27. The lowest BCUT2D eigenvalue weighted by molar-refractivity contribution is 0.0162. The van der Waals surface area contributed by atoms with Crippen molar-refractivity contribution in [2.24, 2.45) is 0 Å². The highest BCUT2D eigenvalue weighted by Crippen LogP contribution is 2.25. The van der Waals surface area contributed by atoms with Gasteiger partial charge >= 0.3 is 0 Å². The second-order valence-corrected chi connectivity index (χ2v) is 6.52. The van der Waals surface area contributed by atoms with Gasteiger partial charge in [-0.3, -0.25) is 9.69 Å². The summed E-state index contributed by atoms with van der Waals surface area (Å²) in [5.74, 6) is 0.778. The lowest BCUT2D eigenvalue weighted by atomic mass is 10.0. The number of nitrogens with zero attached hydrogens (tertiary/aromatic N) is 1. The summed E-state index contributed by atoms with van der Waals surface area (Å²) in [6.07, 6.45) is 0. The number of carbonyl (C=O) groups excluding carboxylic acids is 1. The Bertz CT molecular complexity index is 742. The van der Waals surface area contributed by atoms with Crippen LogP contribution in [0, 0.1) is 6.92 Å². The summed E-state index contributed by atoms with van der Waals surface area (Å²) >= 11 is 0. The molecule has 1 aliphatic rings. The largest absolute Gasteiger partial charge is 0.497 e. The monoisotopic (exact) mass is 354 g/mol. The third-order valence-corrected chi connectivity index (χ3v) is 4.70. The van der Waals surface area contributed by atoms with E-state index < -0.39 is 0 Å². The van der Waals surface area contributed by atoms with Gasteiger partial charge in [0, 0.05) is 25.2 Å². The van der Waals surface area contributed by atoms with Gasteiger partial charge in [0.15, 0.2) is 0 Å². The molecular formula is C21H26N2O3. The van der Waals surface area contributed by atoms with Crippen molar-refractivity contribution in [2.75, 3.05) is 40.0 Å². The number of hydrogen-bond donors (Lipinski definition) is 1. The van der Waals surface area contributed by atoms with Crippen molar-refractivity contribution in [3.63, 3.8) is 0 Å². The van der Waals surface area contributed by atoms with E-state index in [9.17, 15) is 4.79 Å². The molecule has 1 atom stereocenters. The Morgan fingerprint density at radius 3 is 2.69 bits per heavy atom. The van der Waals surface area contributed by atoms with Crippen molar-refractivity contribution in [2.45, 2.75) is 13.0 Å². The van der Waals surface area contributed by atoms with Crippen LogP contribution in [0.25, 0.3) is 0 Å². The highest BCUT2D eigenvalue weighted by molar-refractivity contribution is 5.94. The van der Waals surface area contributed by atoms with Crippen LogP contribution >= 0.6 is 0 Å². The number of methoxy groups -OCH3 is 1. The highest BCUT2D eigenvalue weighted by atomic mass is 16.5. The maximum Gasteiger partial charge on any atom is 0.251 e. The third-order valence-electron chi connectivity index (χ3n) is 4.70. The van der Waals surface area contributed by atoms with Crippen molar-refractivity contribution in [1.82, 2.24) is 10.2 Å². The van der Waals surface area contributed by atoms with Crippen molar-refractivity contribution in [3.8, 4) is 5.75 Å². The Balaban J connectivity index is 1.75. The fourth-order valence-electron chi connectivity index (χ4n) is 3.27. The summed E-state index contributed by atoms with van der Waals surface area (Å²) in [6, 6.07) is 15.8. The smallest absolute Gasteiger partial charge is 0.251 e. The first kappa shape index (κ1) is 18.4. The number of amides is 1. The van der Waals surface area contributed by atoms with Gasteiger partial charge in [0.25, 0.3) is 5.91 Å². The summed E-state index contributed by atoms with van der Waals surface area (Å²) in [5, 5.41) is 3.10. The zero-order chi connectivity index (χ0) is 18.4. The molecule has 1 fully saturated rings. The molecular weight excluding hydrogens is 328 g/mol. The minimum absolute atomic E-state index is 0.0464. The first-order chi connectivity index (χ1) is 12.7. The van der Waals surface area contributed by atoms with Crippen LogP contribution in [0.4, 0.5) is 0 Å². The zero-order valence-corrected chi connectivity index (χ0v) is 15.4. The average Bonchev–Trinajstić information content (AvgIpc) is 2.69. The van der Waals surface area contributed by atoms with E-state index in [1.54, 1.807) is 7.11 Å². The summed E-state index contributed by atoms with van der Waals surface area (Å²) in [7, 11) is 1.67. The third kappa shape index (κ3) is 4.62. The van der Waals surface area contributed by atoms with Crippen molar-refractivity contribution in [3.05, 3.63) is 65.2 Å². The van der Waals surface area contributed by atoms with E-state index >= 15 is 0 Å². The Morgan fingerprint density at radius 2 is 1.96 bits per heavy atom. The predicted octanol–water partition coefficient (Wildman–Crippen LogP) is 2.81.